The first-order chi connectivity index (χ1) is 6.22. The van der Waals surface area contributed by atoms with Crippen LogP contribution in [0.25, 0.3) is 0 Å². The largest absolute Gasteiger partial charge is 0.355 e. The van der Waals surface area contributed by atoms with Crippen molar-refractivity contribution in [3.63, 3.8) is 0 Å². The quantitative estimate of drug-likeness (QED) is 0.646. The third kappa shape index (κ3) is 4.00. The molecule has 1 N–H and O–H groups in total. The highest BCUT2D eigenvalue weighted by Crippen LogP contribution is 2.16. The zero-order chi connectivity index (χ0) is 9.68. The zero-order valence-electron chi connectivity index (χ0n) is 8.12. The number of amides is 1. The molecule has 1 aliphatic heterocycles. The number of rotatable bonds is 4. The lowest BCUT2D eigenvalue weighted by Gasteiger charge is -2.10. The van der Waals surface area contributed by atoms with Gasteiger partial charge in [-0.25, -0.2) is 0 Å². The van der Waals surface area contributed by atoms with E-state index in [0.29, 0.717) is 5.75 Å². The van der Waals surface area contributed by atoms with E-state index in [-0.39, 0.29) is 5.91 Å². The van der Waals surface area contributed by atoms with Crippen molar-refractivity contribution in [1.29, 1.82) is 0 Å². The first-order valence-electron chi connectivity index (χ1n) is 4.78. The third-order valence-electron chi connectivity index (χ3n) is 2.51. The van der Waals surface area contributed by atoms with Crippen molar-refractivity contribution >= 4 is 18.5 Å². The minimum absolute atomic E-state index is 0.0367. The van der Waals surface area contributed by atoms with Gasteiger partial charge in [-0.2, -0.15) is 12.6 Å². The van der Waals surface area contributed by atoms with Gasteiger partial charge in [-0.1, -0.05) is 0 Å². The van der Waals surface area contributed by atoms with Crippen molar-refractivity contribution in [3.8, 4) is 0 Å². The van der Waals surface area contributed by atoms with Crippen LogP contribution in [-0.4, -0.2) is 43.2 Å². The van der Waals surface area contributed by atoms with Crippen LogP contribution in [-0.2, 0) is 4.79 Å². The second kappa shape index (κ2) is 5.50. The van der Waals surface area contributed by atoms with Crippen LogP contribution < -0.4 is 5.32 Å². The van der Waals surface area contributed by atoms with Gasteiger partial charge in [-0.3, -0.25) is 4.79 Å². The van der Waals surface area contributed by atoms with Crippen LogP contribution in [0.2, 0.25) is 0 Å². The molecule has 1 saturated heterocycles. The Morgan fingerprint density at radius 3 is 3.00 bits per heavy atom. The van der Waals surface area contributed by atoms with Crippen LogP contribution in [0.3, 0.4) is 0 Å². The van der Waals surface area contributed by atoms with E-state index in [1.165, 1.54) is 19.5 Å². The summed E-state index contributed by atoms with van der Waals surface area (Å²) in [6, 6.07) is 0. The van der Waals surface area contributed by atoms with Gasteiger partial charge in [0.2, 0.25) is 5.91 Å². The molecule has 1 rings (SSSR count). The summed E-state index contributed by atoms with van der Waals surface area (Å²) in [6.45, 7) is 3.18. The molecule has 0 aliphatic carbocycles. The normalized spacial score (nSPS) is 23.4. The Balaban J connectivity index is 2.03. The van der Waals surface area contributed by atoms with E-state index in [0.717, 1.165) is 18.9 Å². The first kappa shape index (κ1) is 10.9. The monoisotopic (exact) mass is 202 g/mol. The van der Waals surface area contributed by atoms with E-state index in [9.17, 15) is 4.79 Å². The summed E-state index contributed by atoms with van der Waals surface area (Å²) in [5, 5.41) is 2.84. The van der Waals surface area contributed by atoms with Gasteiger partial charge in [0.05, 0.1) is 5.75 Å². The summed E-state index contributed by atoms with van der Waals surface area (Å²) in [5.74, 6) is 1.10. The second-order valence-corrected chi connectivity index (χ2v) is 4.03. The molecule has 0 saturated carbocycles. The molecule has 0 bridgehead atoms. The van der Waals surface area contributed by atoms with Gasteiger partial charge < -0.3 is 10.2 Å². The Kier molecular flexibility index (Phi) is 4.59. The molecule has 76 valence electrons. The molecule has 0 aromatic heterocycles. The molecule has 13 heavy (non-hydrogen) atoms. The van der Waals surface area contributed by atoms with E-state index < -0.39 is 0 Å². The molecule has 1 aliphatic rings. The fourth-order valence-electron chi connectivity index (χ4n) is 1.73. The molecule has 4 heteroatoms. The van der Waals surface area contributed by atoms with Gasteiger partial charge in [0, 0.05) is 13.1 Å². The van der Waals surface area contributed by atoms with Gasteiger partial charge in [0.25, 0.3) is 0 Å². The summed E-state index contributed by atoms with van der Waals surface area (Å²) in [7, 11) is 2.15. The molecule has 1 amide bonds. The van der Waals surface area contributed by atoms with Crippen LogP contribution in [0.4, 0.5) is 0 Å². The smallest absolute Gasteiger partial charge is 0.229 e. The molecular formula is C9H18N2OS. The number of carbonyl (C=O) groups is 1. The van der Waals surface area contributed by atoms with E-state index in [1.807, 2.05) is 0 Å². The highest BCUT2D eigenvalue weighted by molar-refractivity contribution is 7.81. The summed E-state index contributed by atoms with van der Waals surface area (Å²) in [6.07, 6.45) is 2.37. The van der Waals surface area contributed by atoms with Crippen LogP contribution >= 0.6 is 12.6 Å². The molecule has 1 unspecified atom stereocenters. The van der Waals surface area contributed by atoms with Gasteiger partial charge in [-0.15, -0.1) is 0 Å². The zero-order valence-corrected chi connectivity index (χ0v) is 9.02. The van der Waals surface area contributed by atoms with E-state index >= 15 is 0 Å². The molecule has 1 heterocycles. The van der Waals surface area contributed by atoms with Crippen LogP contribution in [0.15, 0.2) is 0 Å². The topological polar surface area (TPSA) is 32.3 Å². The Labute approximate surface area is 85.3 Å². The van der Waals surface area contributed by atoms with Gasteiger partial charge in [0.15, 0.2) is 0 Å². The maximum atomic E-state index is 10.9. The minimum atomic E-state index is 0.0367. The summed E-state index contributed by atoms with van der Waals surface area (Å²) >= 11 is 3.89. The molecular weight excluding hydrogens is 184 g/mol. The van der Waals surface area contributed by atoms with E-state index in [1.54, 1.807) is 0 Å². The molecule has 3 nitrogen and oxygen atoms in total. The lowest BCUT2D eigenvalue weighted by Crippen LogP contribution is -2.27. The Morgan fingerprint density at radius 2 is 2.46 bits per heavy atom. The first-order valence-corrected chi connectivity index (χ1v) is 5.41. The number of nitrogens with zero attached hydrogens (tertiary/aromatic N) is 1. The highest BCUT2D eigenvalue weighted by Gasteiger charge is 2.18. The van der Waals surface area contributed by atoms with Crippen LogP contribution in [0, 0.1) is 5.92 Å². The van der Waals surface area contributed by atoms with Crippen molar-refractivity contribution in [2.24, 2.45) is 5.92 Å². The van der Waals surface area contributed by atoms with Crippen molar-refractivity contribution in [2.75, 3.05) is 32.4 Å². The van der Waals surface area contributed by atoms with Crippen molar-refractivity contribution < 1.29 is 4.79 Å². The molecule has 0 aromatic carbocycles. The maximum absolute atomic E-state index is 10.9. The predicted octanol–water partition coefficient (Wildman–Crippen LogP) is 0.374. The lowest BCUT2D eigenvalue weighted by molar-refractivity contribution is -0.118. The van der Waals surface area contributed by atoms with Gasteiger partial charge in [-0.05, 0) is 32.4 Å². The average Bonchev–Trinajstić information content (AvgIpc) is 2.51. The predicted molar refractivity (Wildman–Crippen MR) is 57.1 cm³/mol. The molecule has 1 atom stereocenters. The van der Waals surface area contributed by atoms with Crippen molar-refractivity contribution in [3.05, 3.63) is 0 Å². The van der Waals surface area contributed by atoms with E-state index in [2.05, 4.69) is 29.9 Å². The Bertz CT molecular complexity index is 175. The second-order valence-electron chi connectivity index (χ2n) is 3.71. The lowest BCUT2D eigenvalue weighted by atomic mass is 10.1. The third-order valence-corrected chi connectivity index (χ3v) is 2.79. The Morgan fingerprint density at radius 1 is 1.69 bits per heavy atom. The molecule has 1 fully saturated rings. The number of nitrogens with one attached hydrogen (secondary N) is 1. The molecule has 0 radical (unpaired) electrons. The van der Waals surface area contributed by atoms with Crippen LogP contribution in [0.5, 0.6) is 0 Å². The standard InChI is InChI=1S/C9H18N2OS/c1-11-5-3-8(6-11)2-4-10-9(12)7-13/h8,13H,2-7H2,1H3,(H,10,12). The number of thiol groups is 1. The number of hydrogen-bond acceptors (Lipinski definition) is 3. The fraction of sp³-hybridized carbons (Fsp3) is 0.889. The molecule has 0 aromatic rings. The number of hydrogen-bond donors (Lipinski definition) is 2. The summed E-state index contributed by atoms with van der Waals surface area (Å²) < 4.78 is 0. The van der Waals surface area contributed by atoms with Crippen molar-refractivity contribution in [2.45, 2.75) is 12.8 Å². The van der Waals surface area contributed by atoms with Gasteiger partial charge >= 0.3 is 0 Å². The highest BCUT2D eigenvalue weighted by atomic mass is 32.1. The van der Waals surface area contributed by atoms with E-state index in [4.69, 9.17) is 0 Å². The average molecular weight is 202 g/mol. The maximum Gasteiger partial charge on any atom is 0.229 e. The van der Waals surface area contributed by atoms with Crippen molar-refractivity contribution in [1.82, 2.24) is 10.2 Å². The van der Waals surface area contributed by atoms with Crippen LogP contribution in [0.1, 0.15) is 12.8 Å². The fourth-order valence-corrected chi connectivity index (χ4v) is 1.85. The molecule has 0 spiro atoms. The minimum Gasteiger partial charge on any atom is -0.355 e. The Hall–Kier alpha value is -0.220. The summed E-state index contributed by atoms with van der Waals surface area (Å²) in [4.78, 5) is 13.2. The van der Waals surface area contributed by atoms with Gasteiger partial charge in [0.1, 0.15) is 0 Å². The number of carbonyl (C=O) groups excluding carboxylic acids is 1. The number of likely N-dealkylation sites (tertiary alicyclic amines) is 1. The SMILES string of the molecule is CN1CCC(CCNC(=O)CS)C1. The summed E-state index contributed by atoms with van der Waals surface area (Å²) in [5.41, 5.74) is 0.